The first-order valence-electron chi connectivity index (χ1n) is 7.70. The van der Waals surface area contributed by atoms with E-state index in [4.69, 9.17) is 0 Å². The van der Waals surface area contributed by atoms with Gasteiger partial charge in [0.25, 0.3) is 0 Å². The molecule has 2 aromatic rings. The molecule has 1 heterocycles. The molecule has 0 radical (unpaired) electrons. The molecule has 110 valence electrons. The normalized spacial score (nSPS) is 17.1. The third kappa shape index (κ3) is 3.15. The summed E-state index contributed by atoms with van der Waals surface area (Å²) in [7, 11) is 0. The summed E-state index contributed by atoms with van der Waals surface area (Å²) < 4.78 is 0. The number of aryl methyl sites for hydroxylation is 2. The molecular weight excluding hydrogens is 260 g/mol. The van der Waals surface area contributed by atoms with Crippen molar-refractivity contribution in [2.45, 2.75) is 39.2 Å². The highest BCUT2D eigenvalue weighted by molar-refractivity contribution is 5.46. The van der Waals surface area contributed by atoms with Gasteiger partial charge in [0.1, 0.15) is 5.82 Å². The Bertz CT molecular complexity index is 624. The van der Waals surface area contributed by atoms with Gasteiger partial charge in [-0.2, -0.15) is 4.98 Å². The van der Waals surface area contributed by atoms with Crippen molar-refractivity contribution in [3.05, 3.63) is 47.2 Å². The topological polar surface area (TPSA) is 49.8 Å². The first kappa shape index (κ1) is 13.9. The molecule has 4 heteroatoms. The standard InChI is InChI=1S/C17H22N4/c1-3-18-17-19-12(2)11-16(21-17)20-15-10-6-8-13-7-4-5-9-14(13)15/h4-5,7,9,11,15H,3,6,8,10H2,1-2H3,(H2,18,19,20,21). The lowest BCUT2D eigenvalue weighted by Gasteiger charge is -2.27. The third-order valence-corrected chi connectivity index (χ3v) is 3.88. The van der Waals surface area contributed by atoms with E-state index in [1.807, 2.05) is 13.0 Å². The SMILES string of the molecule is CCNc1nc(C)cc(NC2CCCc3ccccc32)n1. The average Bonchev–Trinajstić information content (AvgIpc) is 2.47. The van der Waals surface area contributed by atoms with Gasteiger partial charge in [-0.05, 0) is 44.2 Å². The van der Waals surface area contributed by atoms with Gasteiger partial charge in [0, 0.05) is 18.3 Å². The summed E-state index contributed by atoms with van der Waals surface area (Å²) in [6, 6.07) is 11.1. The van der Waals surface area contributed by atoms with Crippen LogP contribution in [-0.2, 0) is 6.42 Å². The highest BCUT2D eigenvalue weighted by Crippen LogP contribution is 2.32. The fourth-order valence-corrected chi connectivity index (χ4v) is 2.96. The molecular formula is C17H22N4. The van der Waals surface area contributed by atoms with E-state index < -0.39 is 0 Å². The summed E-state index contributed by atoms with van der Waals surface area (Å²) in [5.74, 6) is 1.60. The average molecular weight is 282 g/mol. The molecule has 21 heavy (non-hydrogen) atoms. The molecule has 1 aromatic heterocycles. The van der Waals surface area contributed by atoms with Gasteiger partial charge in [-0.25, -0.2) is 4.98 Å². The summed E-state index contributed by atoms with van der Waals surface area (Å²) >= 11 is 0. The molecule has 0 fully saturated rings. The van der Waals surface area contributed by atoms with Crippen molar-refractivity contribution in [2.75, 3.05) is 17.2 Å². The maximum Gasteiger partial charge on any atom is 0.224 e. The van der Waals surface area contributed by atoms with E-state index in [-0.39, 0.29) is 0 Å². The number of anilines is 2. The van der Waals surface area contributed by atoms with Crippen LogP contribution in [0.15, 0.2) is 30.3 Å². The van der Waals surface area contributed by atoms with Gasteiger partial charge in [0.2, 0.25) is 5.95 Å². The zero-order chi connectivity index (χ0) is 14.7. The Labute approximate surface area is 126 Å². The van der Waals surface area contributed by atoms with Gasteiger partial charge in [0.15, 0.2) is 0 Å². The zero-order valence-corrected chi connectivity index (χ0v) is 12.7. The fourth-order valence-electron chi connectivity index (χ4n) is 2.96. The number of rotatable bonds is 4. The van der Waals surface area contributed by atoms with E-state index in [1.54, 1.807) is 0 Å². The van der Waals surface area contributed by atoms with Crippen LogP contribution in [0.3, 0.4) is 0 Å². The Balaban J connectivity index is 1.84. The Hall–Kier alpha value is -2.10. The number of benzene rings is 1. The van der Waals surface area contributed by atoms with Crippen LogP contribution in [0.25, 0.3) is 0 Å². The zero-order valence-electron chi connectivity index (χ0n) is 12.7. The molecule has 0 amide bonds. The maximum absolute atomic E-state index is 4.56. The summed E-state index contributed by atoms with van der Waals surface area (Å²) in [5.41, 5.74) is 3.84. The van der Waals surface area contributed by atoms with Crippen LogP contribution >= 0.6 is 0 Å². The molecule has 1 aromatic carbocycles. The molecule has 0 spiro atoms. The van der Waals surface area contributed by atoms with Crippen molar-refractivity contribution in [1.82, 2.24) is 9.97 Å². The van der Waals surface area contributed by atoms with Crippen LogP contribution in [0.4, 0.5) is 11.8 Å². The van der Waals surface area contributed by atoms with E-state index in [2.05, 4.69) is 51.8 Å². The van der Waals surface area contributed by atoms with Crippen LogP contribution < -0.4 is 10.6 Å². The van der Waals surface area contributed by atoms with Crippen LogP contribution in [0, 0.1) is 6.92 Å². The second-order valence-corrected chi connectivity index (χ2v) is 5.54. The number of hydrogen-bond acceptors (Lipinski definition) is 4. The molecule has 1 aliphatic carbocycles. The lowest BCUT2D eigenvalue weighted by atomic mass is 9.88. The highest BCUT2D eigenvalue weighted by atomic mass is 15.1. The second kappa shape index (κ2) is 6.12. The van der Waals surface area contributed by atoms with Crippen molar-refractivity contribution >= 4 is 11.8 Å². The van der Waals surface area contributed by atoms with Crippen molar-refractivity contribution in [2.24, 2.45) is 0 Å². The molecule has 0 aliphatic heterocycles. The van der Waals surface area contributed by atoms with Gasteiger partial charge in [-0.1, -0.05) is 24.3 Å². The summed E-state index contributed by atoms with van der Waals surface area (Å²) in [6.45, 7) is 4.88. The summed E-state index contributed by atoms with van der Waals surface area (Å²) in [6.07, 6.45) is 3.55. The largest absolute Gasteiger partial charge is 0.363 e. The van der Waals surface area contributed by atoms with Crippen molar-refractivity contribution in [3.63, 3.8) is 0 Å². The predicted octanol–water partition coefficient (Wildman–Crippen LogP) is 3.71. The minimum atomic E-state index is 0.346. The number of fused-ring (bicyclic) bond motifs is 1. The van der Waals surface area contributed by atoms with Gasteiger partial charge < -0.3 is 10.6 Å². The molecule has 1 atom stereocenters. The molecule has 1 unspecified atom stereocenters. The van der Waals surface area contributed by atoms with Gasteiger partial charge in [-0.3, -0.25) is 0 Å². The van der Waals surface area contributed by atoms with Gasteiger partial charge >= 0.3 is 0 Å². The minimum Gasteiger partial charge on any atom is -0.363 e. The fraction of sp³-hybridized carbons (Fsp3) is 0.412. The smallest absolute Gasteiger partial charge is 0.224 e. The lowest BCUT2D eigenvalue weighted by molar-refractivity contribution is 0.598. The van der Waals surface area contributed by atoms with Crippen molar-refractivity contribution in [1.29, 1.82) is 0 Å². The molecule has 4 nitrogen and oxygen atoms in total. The minimum absolute atomic E-state index is 0.346. The van der Waals surface area contributed by atoms with E-state index in [0.717, 1.165) is 24.5 Å². The first-order valence-corrected chi connectivity index (χ1v) is 7.70. The maximum atomic E-state index is 4.56. The number of hydrogen-bond donors (Lipinski definition) is 2. The first-order chi connectivity index (χ1) is 10.3. The monoisotopic (exact) mass is 282 g/mol. The second-order valence-electron chi connectivity index (χ2n) is 5.54. The predicted molar refractivity (Wildman–Crippen MR) is 86.7 cm³/mol. The number of aromatic nitrogens is 2. The lowest BCUT2D eigenvalue weighted by Crippen LogP contribution is -2.18. The number of nitrogens with one attached hydrogen (secondary N) is 2. The Kier molecular flexibility index (Phi) is 4.04. The Morgan fingerprint density at radius 2 is 2.10 bits per heavy atom. The molecule has 2 N–H and O–H groups in total. The van der Waals surface area contributed by atoms with E-state index in [9.17, 15) is 0 Å². The van der Waals surface area contributed by atoms with Crippen molar-refractivity contribution < 1.29 is 0 Å². The molecule has 0 saturated carbocycles. The molecule has 0 saturated heterocycles. The Morgan fingerprint density at radius 3 is 2.95 bits per heavy atom. The molecule has 3 rings (SSSR count). The summed E-state index contributed by atoms with van der Waals surface area (Å²) in [4.78, 5) is 8.96. The van der Waals surface area contributed by atoms with Gasteiger partial charge in [0.05, 0.1) is 6.04 Å². The van der Waals surface area contributed by atoms with Gasteiger partial charge in [-0.15, -0.1) is 0 Å². The molecule has 0 bridgehead atoms. The quantitative estimate of drug-likeness (QED) is 0.897. The van der Waals surface area contributed by atoms with E-state index in [1.165, 1.54) is 24.0 Å². The van der Waals surface area contributed by atoms with Crippen LogP contribution in [-0.4, -0.2) is 16.5 Å². The van der Waals surface area contributed by atoms with Crippen LogP contribution in [0.2, 0.25) is 0 Å². The highest BCUT2D eigenvalue weighted by Gasteiger charge is 2.20. The number of nitrogens with zero attached hydrogens (tertiary/aromatic N) is 2. The Morgan fingerprint density at radius 1 is 1.24 bits per heavy atom. The summed E-state index contributed by atoms with van der Waals surface area (Å²) in [5, 5.41) is 6.77. The molecule has 1 aliphatic rings. The van der Waals surface area contributed by atoms with Crippen molar-refractivity contribution in [3.8, 4) is 0 Å². The van der Waals surface area contributed by atoms with Crippen LogP contribution in [0.5, 0.6) is 0 Å². The third-order valence-electron chi connectivity index (χ3n) is 3.88. The van der Waals surface area contributed by atoms with Crippen LogP contribution in [0.1, 0.15) is 42.6 Å². The van der Waals surface area contributed by atoms with E-state index >= 15 is 0 Å². The van der Waals surface area contributed by atoms with E-state index in [0.29, 0.717) is 12.0 Å².